The van der Waals surface area contributed by atoms with Crippen molar-refractivity contribution in [1.82, 2.24) is 0 Å². The zero-order valence-corrected chi connectivity index (χ0v) is 11.9. The van der Waals surface area contributed by atoms with E-state index in [2.05, 4.69) is 6.92 Å². The molecule has 0 bridgehead atoms. The van der Waals surface area contributed by atoms with Crippen LogP contribution in [0.5, 0.6) is 0 Å². The van der Waals surface area contributed by atoms with Crippen molar-refractivity contribution >= 4 is 23.4 Å². The molecule has 1 aromatic rings. The molecule has 0 saturated heterocycles. The van der Waals surface area contributed by atoms with Crippen LogP contribution in [0.2, 0.25) is 5.02 Å². The van der Waals surface area contributed by atoms with Crippen molar-refractivity contribution in [3.8, 4) is 0 Å². The lowest BCUT2D eigenvalue weighted by atomic mass is 9.99. The molecule has 0 saturated carbocycles. The largest absolute Gasteiger partial charge is 0.394 e. The van der Waals surface area contributed by atoms with Crippen molar-refractivity contribution in [1.29, 1.82) is 0 Å². The second kappa shape index (κ2) is 6.64. The minimum absolute atomic E-state index is 0.0179. The minimum Gasteiger partial charge on any atom is -0.394 e. The van der Waals surface area contributed by atoms with Crippen molar-refractivity contribution in [3.05, 3.63) is 34.9 Å². The van der Waals surface area contributed by atoms with Crippen LogP contribution in [0.1, 0.15) is 25.8 Å². The van der Waals surface area contributed by atoms with Gasteiger partial charge in [0.25, 0.3) is 0 Å². The molecule has 0 aliphatic carbocycles. The predicted molar refractivity (Wildman–Crippen MR) is 76.5 cm³/mol. The van der Waals surface area contributed by atoms with E-state index in [1.165, 1.54) is 0 Å². The first-order valence-corrected chi connectivity index (χ1v) is 7.12. The number of thioether (sulfide) groups is 1. The Morgan fingerprint density at radius 3 is 2.71 bits per heavy atom. The smallest absolute Gasteiger partial charge is 0.0608 e. The summed E-state index contributed by atoms with van der Waals surface area (Å²) in [6.07, 6.45) is 0.790. The van der Waals surface area contributed by atoms with Crippen molar-refractivity contribution in [3.63, 3.8) is 0 Å². The van der Waals surface area contributed by atoms with Crippen LogP contribution in [0, 0.1) is 0 Å². The fraction of sp³-hybridized carbons (Fsp3) is 0.538. The number of hydrogen-bond donors (Lipinski definition) is 2. The van der Waals surface area contributed by atoms with Gasteiger partial charge in [0.2, 0.25) is 0 Å². The molecule has 0 fully saturated rings. The highest BCUT2D eigenvalue weighted by Crippen LogP contribution is 2.26. The molecule has 4 heteroatoms. The molecular weight excluding hydrogens is 254 g/mol. The SMILES string of the molecule is CC(CC(C)(N)CO)SCc1ccccc1Cl. The van der Waals surface area contributed by atoms with Crippen LogP contribution in [-0.4, -0.2) is 22.5 Å². The van der Waals surface area contributed by atoms with Gasteiger partial charge in [-0.05, 0) is 25.0 Å². The highest BCUT2D eigenvalue weighted by atomic mass is 35.5. The topological polar surface area (TPSA) is 46.2 Å². The summed E-state index contributed by atoms with van der Waals surface area (Å²) in [5.41, 5.74) is 6.58. The van der Waals surface area contributed by atoms with Crippen LogP contribution in [-0.2, 0) is 5.75 Å². The molecule has 0 aliphatic heterocycles. The highest BCUT2D eigenvalue weighted by molar-refractivity contribution is 7.99. The molecule has 0 amide bonds. The van der Waals surface area contributed by atoms with Gasteiger partial charge in [-0.2, -0.15) is 11.8 Å². The molecule has 2 nitrogen and oxygen atoms in total. The van der Waals surface area contributed by atoms with Crippen LogP contribution < -0.4 is 5.73 Å². The zero-order valence-electron chi connectivity index (χ0n) is 10.3. The summed E-state index contributed by atoms with van der Waals surface area (Å²) in [6, 6.07) is 7.87. The highest BCUT2D eigenvalue weighted by Gasteiger charge is 2.20. The van der Waals surface area contributed by atoms with Gasteiger partial charge in [-0.1, -0.05) is 36.7 Å². The monoisotopic (exact) mass is 273 g/mol. The van der Waals surface area contributed by atoms with Crippen molar-refractivity contribution < 1.29 is 5.11 Å². The Kier molecular flexibility index (Phi) is 5.80. The fourth-order valence-electron chi connectivity index (χ4n) is 1.63. The lowest BCUT2D eigenvalue weighted by molar-refractivity contribution is 0.201. The summed E-state index contributed by atoms with van der Waals surface area (Å²) < 4.78 is 0. The van der Waals surface area contributed by atoms with Gasteiger partial charge in [0.05, 0.1) is 6.61 Å². The lowest BCUT2D eigenvalue weighted by Gasteiger charge is -2.25. The van der Waals surface area contributed by atoms with Gasteiger partial charge in [0.1, 0.15) is 0 Å². The van der Waals surface area contributed by atoms with Crippen molar-refractivity contribution in [2.45, 2.75) is 36.8 Å². The Balaban J connectivity index is 2.44. The van der Waals surface area contributed by atoms with E-state index in [1.807, 2.05) is 43.0 Å². The number of halogens is 1. The third-order valence-corrected chi connectivity index (χ3v) is 4.18. The molecule has 2 atom stereocenters. The molecule has 0 aromatic heterocycles. The molecule has 2 unspecified atom stereocenters. The summed E-state index contributed by atoms with van der Waals surface area (Å²) in [5, 5.41) is 10.3. The van der Waals surface area contributed by atoms with Crippen LogP contribution in [0.3, 0.4) is 0 Å². The zero-order chi connectivity index (χ0) is 12.9. The molecule has 0 radical (unpaired) electrons. The van der Waals surface area contributed by atoms with Crippen LogP contribution >= 0.6 is 23.4 Å². The Labute approximate surface area is 113 Å². The van der Waals surface area contributed by atoms with E-state index in [-0.39, 0.29) is 6.61 Å². The Morgan fingerprint density at radius 1 is 1.47 bits per heavy atom. The Morgan fingerprint density at radius 2 is 2.12 bits per heavy atom. The first-order valence-electron chi connectivity index (χ1n) is 5.69. The summed E-state index contributed by atoms with van der Waals surface area (Å²) in [4.78, 5) is 0. The molecule has 1 rings (SSSR count). The first-order chi connectivity index (χ1) is 7.94. The second-order valence-corrected chi connectivity index (χ2v) is 6.56. The first kappa shape index (κ1) is 14.8. The average molecular weight is 274 g/mol. The van der Waals surface area contributed by atoms with Gasteiger partial charge < -0.3 is 10.8 Å². The van der Waals surface area contributed by atoms with Gasteiger partial charge in [0, 0.05) is 21.6 Å². The molecular formula is C13H20ClNOS. The van der Waals surface area contributed by atoms with E-state index < -0.39 is 5.54 Å². The van der Waals surface area contributed by atoms with E-state index >= 15 is 0 Å². The maximum absolute atomic E-state index is 9.12. The fourth-order valence-corrected chi connectivity index (χ4v) is 3.12. The quantitative estimate of drug-likeness (QED) is 0.837. The molecule has 3 N–H and O–H groups in total. The summed E-state index contributed by atoms with van der Waals surface area (Å²) in [7, 11) is 0. The van der Waals surface area contributed by atoms with Crippen molar-refractivity contribution in [2.24, 2.45) is 5.73 Å². The number of aliphatic hydroxyl groups excluding tert-OH is 1. The molecule has 0 aliphatic rings. The van der Waals surface area contributed by atoms with Gasteiger partial charge in [0.15, 0.2) is 0 Å². The third-order valence-electron chi connectivity index (χ3n) is 2.60. The normalized spacial score (nSPS) is 16.5. The van der Waals surface area contributed by atoms with E-state index in [0.717, 1.165) is 22.8 Å². The van der Waals surface area contributed by atoms with Crippen LogP contribution in [0.4, 0.5) is 0 Å². The number of nitrogens with two attached hydrogens (primary N) is 1. The molecule has 96 valence electrons. The minimum atomic E-state index is -0.493. The van der Waals surface area contributed by atoms with Gasteiger partial charge in [-0.3, -0.25) is 0 Å². The maximum atomic E-state index is 9.12. The number of benzene rings is 1. The Bertz CT molecular complexity index is 357. The lowest BCUT2D eigenvalue weighted by Crippen LogP contribution is -2.42. The van der Waals surface area contributed by atoms with Crippen molar-refractivity contribution in [2.75, 3.05) is 6.61 Å². The molecule has 17 heavy (non-hydrogen) atoms. The number of hydrogen-bond acceptors (Lipinski definition) is 3. The van der Waals surface area contributed by atoms with Gasteiger partial charge in [-0.15, -0.1) is 0 Å². The molecule has 0 heterocycles. The average Bonchev–Trinajstić information content (AvgIpc) is 2.27. The van der Waals surface area contributed by atoms with E-state index in [0.29, 0.717) is 5.25 Å². The third kappa shape index (κ3) is 5.30. The molecule has 0 spiro atoms. The van der Waals surface area contributed by atoms with Gasteiger partial charge in [-0.25, -0.2) is 0 Å². The van der Waals surface area contributed by atoms with Crippen LogP contribution in [0.15, 0.2) is 24.3 Å². The predicted octanol–water partition coefficient (Wildman–Crippen LogP) is 3.06. The maximum Gasteiger partial charge on any atom is 0.0608 e. The van der Waals surface area contributed by atoms with Crippen LogP contribution in [0.25, 0.3) is 0 Å². The number of rotatable bonds is 6. The number of aliphatic hydroxyl groups is 1. The summed E-state index contributed by atoms with van der Waals surface area (Å²) >= 11 is 7.90. The summed E-state index contributed by atoms with van der Waals surface area (Å²) in [6.45, 7) is 4.02. The Hall–Kier alpha value is -0.220. The van der Waals surface area contributed by atoms with E-state index in [9.17, 15) is 0 Å². The van der Waals surface area contributed by atoms with E-state index in [4.69, 9.17) is 22.4 Å². The summed E-state index contributed by atoms with van der Waals surface area (Å²) in [5.74, 6) is 0.877. The van der Waals surface area contributed by atoms with Gasteiger partial charge >= 0.3 is 0 Å². The second-order valence-electron chi connectivity index (χ2n) is 4.73. The standard InChI is InChI=1S/C13H20ClNOS/c1-10(7-13(2,15)9-16)17-8-11-5-3-4-6-12(11)14/h3-6,10,16H,7-9,15H2,1-2H3. The molecule has 1 aromatic carbocycles. The van der Waals surface area contributed by atoms with E-state index in [1.54, 1.807) is 0 Å².